The molecule has 0 amide bonds. The molecule has 4 aliphatic heterocycles. The molecule has 5 fully saturated rings. The predicted molar refractivity (Wildman–Crippen MR) is 401 cm³/mol. The van der Waals surface area contributed by atoms with Gasteiger partial charge in [-0.05, 0) is 263 Å². The number of hydrogen-bond donors (Lipinski definition) is 3. The number of methoxy groups -OCH3 is 1. The molecule has 21 bridgehead atoms. The Kier molecular flexibility index (Phi) is 15.7. The normalized spacial score (nSPS) is 33.9. The number of hydrogen-bond acceptors (Lipinski definition) is 11. The van der Waals surface area contributed by atoms with Gasteiger partial charge in [-0.3, -0.25) is 4.79 Å². The number of carbonyl (C=O) groups is 2. The molecular formula is C93H96O11. The molecule has 7 aromatic rings. The summed E-state index contributed by atoms with van der Waals surface area (Å²) in [6, 6.07) is 44.6. The van der Waals surface area contributed by atoms with Crippen molar-refractivity contribution in [3.05, 3.63) is 250 Å². The van der Waals surface area contributed by atoms with Crippen LogP contribution in [0.3, 0.4) is 0 Å². The summed E-state index contributed by atoms with van der Waals surface area (Å²) >= 11 is 0. The highest BCUT2D eigenvalue weighted by Crippen LogP contribution is 2.73. The number of carbonyl (C=O) groups excluding carboxylic acids is 2. The van der Waals surface area contributed by atoms with Gasteiger partial charge in [0.25, 0.3) is 0 Å². The van der Waals surface area contributed by atoms with Gasteiger partial charge in [0.2, 0.25) is 0 Å². The molecule has 17 atom stereocenters. The SMILES string of the molecule is COCC(CCO)c1c(CO)c2ccc3c(c2oc1=O)C1OC(=O)CC2CC4C=CC2c2ccc5c(c2)C2CC(C5CC(=C(C)CO)C(=O)OC1C1(CCCC5(C2)C2C=Cc6ccccc6C2CC51)O3)C1(CCCC1)c1ccc(cc1)Cc1ccc2c(c1)C13c5cccc4c5CCC1CCCC3C=C2. The van der Waals surface area contributed by atoms with Gasteiger partial charge in [-0.1, -0.05) is 159 Å². The minimum Gasteiger partial charge on any atom is -0.482 e. The minimum atomic E-state index is -1.37. The van der Waals surface area contributed by atoms with Gasteiger partial charge < -0.3 is 38.7 Å². The molecule has 11 nitrogen and oxygen atoms in total. The lowest BCUT2D eigenvalue weighted by Crippen LogP contribution is -2.65. The number of aliphatic hydroxyl groups is 3. The number of fused-ring (bicyclic) bond motifs is 10. The zero-order valence-electron chi connectivity index (χ0n) is 60.1. The zero-order valence-corrected chi connectivity index (χ0v) is 60.1. The van der Waals surface area contributed by atoms with Gasteiger partial charge in [-0.2, -0.15) is 0 Å². The van der Waals surface area contributed by atoms with Crippen molar-refractivity contribution in [1.82, 2.24) is 0 Å². The molecule has 104 heavy (non-hydrogen) atoms. The van der Waals surface area contributed by atoms with Crippen LogP contribution in [-0.4, -0.2) is 65.9 Å². The second-order valence-electron chi connectivity index (χ2n) is 34.4. The number of aliphatic hydroxyl groups excluding tert-OH is 3. The minimum absolute atomic E-state index is 0.00805. The summed E-state index contributed by atoms with van der Waals surface area (Å²) in [5.41, 5.74) is 16.5. The van der Waals surface area contributed by atoms with Crippen molar-refractivity contribution in [3.63, 3.8) is 0 Å². The van der Waals surface area contributed by atoms with Crippen LogP contribution >= 0.6 is 0 Å². The van der Waals surface area contributed by atoms with E-state index in [1.54, 1.807) is 7.11 Å². The average molecular weight is 1390 g/mol. The maximum atomic E-state index is 17.0. The molecule has 28 rings (SSSR count). The Morgan fingerprint density at radius 2 is 1.56 bits per heavy atom. The number of rotatable bonds is 7. The van der Waals surface area contributed by atoms with Gasteiger partial charge in [0, 0.05) is 65.7 Å². The van der Waals surface area contributed by atoms with Crippen LogP contribution in [0.4, 0.5) is 0 Å². The topological polar surface area (TPSA) is 162 Å². The first-order valence-corrected chi connectivity index (χ1v) is 39.7. The second kappa shape index (κ2) is 24.8. The molecule has 534 valence electrons. The molecular weight excluding hydrogens is 1290 g/mol. The van der Waals surface area contributed by atoms with Crippen molar-refractivity contribution in [2.45, 2.75) is 206 Å². The van der Waals surface area contributed by atoms with Crippen LogP contribution in [0.1, 0.15) is 253 Å². The summed E-state index contributed by atoms with van der Waals surface area (Å²) in [5.74, 6) is -0.931. The van der Waals surface area contributed by atoms with Crippen molar-refractivity contribution in [1.29, 1.82) is 0 Å². The summed E-state index contributed by atoms with van der Waals surface area (Å²) in [6.45, 7) is 0.823. The van der Waals surface area contributed by atoms with Gasteiger partial charge in [-0.15, -0.1) is 0 Å². The van der Waals surface area contributed by atoms with E-state index in [-0.39, 0.29) is 113 Å². The van der Waals surface area contributed by atoms with Gasteiger partial charge in [0.1, 0.15) is 11.3 Å². The van der Waals surface area contributed by atoms with E-state index >= 15 is 14.4 Å². The highest BCUT2D eigenvalue weighted by Gasteiger charge is 2.71. The smallest absolute Gasteiger partial charge is 0.340 e. The first-order chi connectivity index (χ1) is 50.9. The van der Waals surface area contributed by atoms with Crippen molar-refractivity contribution in [2.24, 2.45) is 40.9 Å². The lowest BCUT2D eigenvalue weighted by Gasteiger charge is -2.59. The lowest BCUT2D eigenvalue weighted by molar-refractivity contribution is -0.222. The number of esters is 2. The summed E-state index contributed by atoms with van der Waals surface area (Å²) in [5, 5.41) is 34.2. The highest BCUT2D eigenvalue weighted by molar-refractivity contribution is 5.91. The molecule has 11 heteroatoms. The van der Waals surface area contributed by atoms with E-state index in [1.807, 2.05) is 19.1 Å². The van der Waals surface area contributed by atoms with Crippen molar-refractivity contribution in [3.8, 4) is 5.75 Å². The maximum Gasteiger partial charge on any atom is 0.340 e. The van der Waals surface area contributed by atoms with Crippen LogP contribution in [0.25, 0.3) is 23.1 Å². The zero-order chi connectivity index (χ0) is 70.1. The van der Waals surface area contributed by atoms with Crippen molar-refractivity contribution in [2.75, 3.05) is 26.9 Å². The van der Waals surface area contributed by atoms with Gasteiger partial charge >= 0.3 is 17.6 Å². The van der Waals surface area contributed by atoms with Crippen LogP contribution in [0, 0.1) is 40.9 Å². The number of ether oxygens (including phenoxy) is 4. The quantitative estimate of drug-likeness (QED) is 0.0603. The third-order valence-corrected chi connectivity index (χ3v) is 30.2. The van der Waals surface area contributed by atoms with E-state index in [0.29, 0.717) is 65.4 Å². The molecule has 3 spiro atoms. The Bertz CT molecular complexity index is 4880. The number of benzene rings is 6. The molecule has 6 aromatic carbocycles. The first-order valence-electron chi connectivity index (χ1n) is 39.7. The standard InChI is InChI=1S/C93H96O11/c1-52(49-95)71-46-73-68-29-22-58-43-72(68)61-44-79(73)90(35-5-6-36-90)62-24-17-53(18-25-62)40-54-16-19-56-20-26-63-11-7-12-64-27-30-69-67(14-8-15-77(69)93(63,64)78(56)41-54)57-21-28-65(58)60(42-57)45-82(97)101-86-84-80(33-31-70-75(50-96)83(89(99)102-85(70)84)59(34-39-94)51-100-2)104-92(87(86)103-88(71)98)38-9-37-91(48-61)76-32-23-55-10-3-4-13-66(55)74(76)47-81(91)92/h3-4,8,10,13-26,28-29,31-33,41,43,57,59-61,63-65,73-74,76,79,81,86-87,94-96H,5-7,9,11-12,27,30,34-40,42,44-51H2,1-2H3. The molecule has 17 aliphatic carbocycles. The lowest BCUT2D eigenvalue weighted by atomic mass is 9.48. The van der Waals surface area contributed by atoms with Gasteiger partial charge in [-0.25, -0.2) is 9.59 Å². The Hall–Kier alpha value is -7.93. The third kappa shape index (κ3) is 9.49. The molecule has 1 saturated heterocycles. The van der Waals surface area contributed by atoms with Crippen LogP contribution in [0.2, 0.25) is 0 Å². The van der Waals surface area contributed by atoms with E-state index in [2.05, 4.69) is 140 Å². The van der Waals surface area contributed by atoms with E-state index in [1.165, 1.54) is 85.2 Å². The van der Waals surface area contributed by atoms with Crippen molar-refractivity contribution < 1.29 is 48.3 Å². The third-order valence-electron chi connectivity index (χ3n) is 30.2. The Morgan fingerprint density at radius 3 is 2.40 bits per heavy atom. The van der Waals surface area contributed by atoms with Crippen LogP contribution < -0.4 is 10.4 Å². The fraction of sp³-hybridized carbons (Fsp3) is 0.473. The monoisotopic (exact) mass is 1390 g/mol. The van der Waals surface area contributed by atoms with E-state index in [4.69, 9.17) is 23.4 Å². The molecule has 1 aromatic heterocycles. The molecule has 4 saturated carbocycles. The largest absolute Gasteiger partial charge is 0.482 e. The van der Waals surface area contributed by atoms with Crippen LogP contribution in [-0.2, 0) is 54.1 Å². The number of allylic oxidation sites excluding steroid dienone is 4. The Balaban J connectivity index is 0.868. The molecule has 17 unspecified atom stereocenters. The van der Waals surface area contributed by atoms with Gasteiger partial charge in [0.15, 0.2) is 17.8 Å². The summed E-state index contributed by atoms with van der Waals surface area (Å²) in [7, 11) is 1.55. The summed E-state index contributed by atoms with van der Waals surface area (Å²) in [4.78, 5) is 48.8. The van der Waals surface area contributed by atoms with Gasteiger partial charge in [0.05, 0.1) is 25.4 Å². The van der Waals surface area contributed by atoms with Crippen LogP contribution in [0.5, 0.6) is 5.75 Å². The molecule has 5 heterocycles. The van der Waals surface area contributed by atoms with E-state index in [9.17, 15) is 15.3 Å². The highest BCUT2D eigenvalue weighted by atomic mass is 16.6. The van der Waals surface area contributed by atoms with E-state index in [0.717, 1.165) is 77.0 Å². The first kappa shape index (κ1) is 65.6. The second-order valence-corrected chi connectivity index (χ2v) is 34.4. The van der Waals surface area contributed by atoms with E-state index < -0.39 is 53.3 Å². The molecule has 3 N–H and O–H groups in total. The molecule has 21 aliphatic rings. The molecule has 0 radical (unpaired) electrons. The van der Waals surface area contributed by atoms with Crippen molar-refractivity contribution >= 4 is 35.1 Å². The summed E-state index contributed by atoms with van der Waals surface area (Å²) < 4.78 is 35.8. The average Bonchev–Trinajstić information content (AvgIpc) is 1.55. The fourth-order valence-electron chi connectivity index (χ4n) is 26.1. The Morgan fingerprint density at radius 1 is 0.712 bits per heavy atom. The fourth-order valence-corrected chi connectivity index (χ4v) is 26.1. The Labute approximate surface area is 609 Å². The predicted octanol–water partition coefficient (Wildman–Crippen LogP) is 17.6. The maximum absolute atomic E-state index is 17.0. The summed E-state index contributed by atoms with van der Waals surface area (Å²) in [6.07, 6.45) is 28.8. The van der Waals surface area contributed by atoms with Crippen LogP contribution in [0.15, 0.2) is 160 Å².